The minimum atomic E-state index is 0.143. The zero-order valence-electron chi connectivity index (χ0n) is 10.9. The molecular weight excluding hydrogens is 242 g/mol. The van der Waals surface area contributed by atoms with E-state index in [0.717, 1.165) is 23.3 Å². The summed E-state index contributed by atoms with van der Waals surface area (Å²) in [5, 5.41) is 13.4. The zero-order valence-corrected chi connectivity index (χ0v) is 10.9. The predicted molar refractivity (Wildman–Crippen MR) is 73.3 cm³/mol. The molecular formula is C15H19NO3. The van der Waals surface area contributed by atoms with Crippen LogP contribution in [0.25, 0.3) is 11.0 Å². The molecule has 1 aliphatic rings. The van der Waals surface area contributed by atoms with Gasteiger partial charge in [0.25, 0.3) is 0 Å². The summed E-state index contributed by atoms with van der Waals surface area (Å²) in [6.45, 7) is 1.51. The van der Waals surface area contributed by atoms with Crippen molar-refractivity contribution in [1.29, 1.82) is 0 Å². The Bertz CT molecular complexity index is 545. The molecule has 0 spiro atoms. The van der Waals surface area contributed by atoms with Crippen molar-refractivity contribution in [1.82, 2.24) is 5.32 Å². The Kier molecular flexibility index (Phi) is 3.71. The Morgan fingerprint density at radius 3 is 3.05 bits per heavy atom. The van der Waals surface area contributed by atoms with E-state index in [1.807, 2.05) is 12.1 Å². The molecule has 0 amide bonds. The van der Waals surface area contributed by atoms with E-state index in [4.69, 9.17) is 14.3 Å². The second-order valence-electron chi connectivity index (χ2n) is 5.01. The normalized spacial score (nSPS) is 15.0. The molecule has 1 aromatic carbocycles. The average Bonchev–Trinajstić information content (AvgIpc) is 3.13. The number of ether oxygens (including phenoxy) is 1. The molecule has 1 aliphatic carbocycles. The third kappa shape index (κ3) is 3.08. The third-order valence-corrected chi connectivity index (χ3v) is 3.31. The van der Waals surface area contributed by atoms with E-state index in [1.165, 1.54) is 18.4 Å². The molecule has 0 bridgehead atoms. The number of furan rings is 1. The first kappa shape index (κ1) is 12.5. The van der Waals surface area contributed by atoms with Crippen molar-refractivity contribution in [2.45, 2.75) is 31.8 Å². The highest BCUT2D eigenvalue weighted by Crippen LogP contribution is 2.29. The summed E-state index contributed by atoms with van der Waals surface area (Å²) in [5.74, 6) is 0.767. The predicted octanol–water partition coefficient (Wildman–Crippen LogP) is 2.45. The summed E-state index contributed by atoms with van der Waals surface area (Å²) < 4.78 is 11.2. The standard InChI is InChI=1S/C15H19NO3/c17-5-1-6-18-14-9-11(10-16-13-2-3-13)8-12-4-7-19-15(12)14/h4,7-9,13,16-17H,1-3,5-6,10H2. The molecule has 1 saturated carbocycles. The van der Waals surface area contributed by atoms with Crippen LogP contribution in [0.15, 0.2) is 28.9 Å². The summed E-state index contributed by atoms with van der Waals surface area (Å²) in [7, 11) is 0. The van der Waals surface area contributed by atoms with Crippen molar-refractivity contribution in [3.8, 4) is 5.75 Å². The summed E-state index contributed by atoms with van der Waals surface area (Å²) in [6.07, 6.45) is 4.88. The molecule has 4 heteroatoms. The smallest absolute Gasteiger partial charge is 0.175 e. The van der Waals surface area contributed by atoms with Crippen molar-refractivity contribution in [2.24, 2.45) is 0 Å². The Hall–Kier alpha value is -1.52. The molecule has 2 N–H and O–H groups in total. The van der Waals surface area contributed by atoms with E-state index in [-0.39, 0.29) is 6.61 Å². The quantitative estimate of drug-likeness (QED) is 0.752. The highest BCUT2D eigenvalue weighted by atomic mass is 16.5. The molecule has 0 saturated heterocycles. The Labute approximate surface area is 112 Å². The number of fused-ring (bicyclic) bond motifs is 1. The number of aliphatic hydroxyl groups is 1. The van der Waals surface area contributed by atoms with E-state index >= 15 is 0 Å². The van der Waals surface area contributed by atoms with E-state index < -0.39 is 0 Å². The van der Waals surface area contributed by atoms with E-state index in [9.17, 15) is 0 Å². The first-order valence-corrected chi connectivity index (χ1v) is 6.84. The fourth-order valence-corrected chi connectivity index (χ4v) is 2.11. The number of rotatable bonds is 7. The van der Waals surface area contributed by atoms with Crippen LogP contribution in [0.2, 0.25) is 0 Å². The first-order chi connectivity index (χ1) is 9.36. The minimum absolute atomic E-state index is 0.143. The van der Waals surface area contributed by atoms with Gasteiger partial charge in [0.1, 0.15) is 0 Å². The van der Waals surface area contributed by atoms with Crippen molar-refractivity contribution in [3.05, 3.63) is 30.0 Å². The SMILES string of the molecule is OCCCOc1cc(CNC2CC2)cc2ccoc12. The molecule has 0 radical (unpaired) electrons. The van der Waals surface area contributed by atoms with Crippen LogP contribution in [0.4, 0.5) is 0 Å². The average molecular weight is 261 g/mol. The lowest BCUT2D eigenvalue weighted by molar-refractivity contribution is 0.233. The van der Waals surface area contributed by atoms with Crippen LogP contribution in [-0.2, 0) is 6.54 Å². The molecule has 1 fully saturated rings. The molecule has 102 valence electrons. The summed E-state index contributed by atoms with van der Waals surface area (Å²) in [4.78, 5) is 0. The molecule has 0 unspecified atom stereocenters. The van der Waals surface area contributed by atoms with Gasteiger partial charge in [0.15, 0.2) is 11.3 Å². The summed E-state index contributed by atoms with van der Waals surface area (Å²) in [5.41, 5.74) is 1.99. The van der Waals surface area contributed by atoms with Gasteiger partial charge in [0.05, 0.1) is 12.9 Å². The van der Waals surface area contributed by atoms with Crippen molar-refractivity contribution < 1.29 is 14.3 Å². The highest BCUT2D eigenvalue weighted by Gasteiger charge is 2.20. The van der Waals surface area contributed by atoms with Crippen LogP contribution in [0, 0.1) is 0 Å². The van der Waals surface area contributed by atoms with Gasteiger partial charge < -0.3 is 19.6 Å². The molecule has 4 nitrogen and oxygen atoms in total. The maximum Gasteiger partial charge on any atom is 0.175 e. The fourth-order valence-electron chi connectivity index (χ4n) is 2.11. The van der Waals surface area contributed by atoms with Gasteiger partial charge in [-0.15, -0.1) is 0 Å². The minimum Gasteiger partial charge on any atom is -0.490 e. The highest BCUT2D eigenvalue weighted by molar-refractivity contribution is 5.83. The van der Waals surface area contributed by atoms with Gasteiger partial charge in [-0.3, -0.25) is 0 Å². The van der Waals surface area contributed by atoms with Gasteiger partial charge in [-0.25, -0.2) is 0 Å². The van der Waals surface area contributed by atoms with Crippen LogP contribution in [0.3, 0.4) is 0 Å². The Morgan fingerprint density at radius 1 is 1.37 bits per heavy atom. The van der Waals surface area contributed by atoms with Crippen molar-refractivity contribution in [2.75, 3.05) is 13.2 Å². The fraction of sp³-hybridized carbons (Fsp3) is 0.467. The lowest BCUT2D eigenvalue weighted by atomic mass is 10.1. The van der Waals surface area contributed by atoms with Crippen LogP contribution in [0.1, 0.15) is 24.8 Å². The molecule has 0 atom stereocenters. The molecule has 1 heterocycles. The van der Waals surface area contributed by atoms with Crippen LogP contribution >= 0.6 is 0 Å². The van der Waals surface area contributed by atoms with Gasteiger partial charge >= 0.3 is 0 Å². The number of nitrogens with one attached hydrogen (secondary N) is 1. The topological polar surface area (TPSA) is 54.6 Å². The molecule has 1 aromatic heterocycles. The lowest BCUT2D eigenvalue weighted by Crippen LogP contribution is -2.15. The summed E-state index contributed by atoms with van der Waals surface area (Å²) in [6, 6.07) is 6.81. The maximum absolute atomic E-state index is 8.81. The maximum atomic E-state index is 8.81. The molecule has 19 heavy (non-hydrogen) atoms. The van der Waals surface area contributed by atoms with Gasteiger partial charge in [-0.2, -0.15) is 0 Å². The van der Waals surface area contributed by atoms with Crippen molar-refractivity contribution in [3.63, 3.8) is 0 Å². The second-order valence-corrected chi connectivity index (χ2v) is 5.01. The Morgan fingerprint density at radius 2 is 2.26 bits per heavy atom. The van der Waals surface area contributed by atoms with Crippen LogP contribution < -0.4 is 10.1 Å². The van der Waals surface area contributed by atoms with Crippen LogP contribution in [-0.4, -0.2) is 24.4 Å². The first-order valence-electron chi connectivity index (χ1n) is 6.84. The van der Waals surface area contributed by atoms with E-state index in [2.05, 4.69) is 11.4 Å². The van der Waals surface area contributed by atoms with Gasteiger partial charge in [0.2, 0.25) is 0 Å². The lowest BCUT2D eigenvalue weighted by Gasteiger charge is -2.09. The van der Waals surface area contributed by atoms with Gasteiger partial charge in [0, 0.05) is 31.0 Å². The Balaban J connectivity index is 1.77. The third-order valence-electron chi connectivity index (χ3n) is 3.31. The number of benzene rings is 1. The van der Waals surface area contributed by atoms with Gasteiger partial charge in [-0.1, -0.05) is 0 Å². The van der Waals surface area contributed by atoms with E-state index in [1.54, 1.807) is 6.26 Å². The van der Waals surface area contributed by atoms with Crippen LogP contribution in [0.5, 0.6) is 5.75 Å². The molecule has 0 aliphatic heterocycles. The van der Waals surface area contributed by atoms with E-state index in [0.29, 0.717) is 19.1 Å². The largest absolute Gasteiger partial charge is 0.490 e. The number of aliphatic hydroxyl groups excluding tert-OH is 1. The second kappa shape index (κ2) is 5.63. The summed E-state index contributed by atoms with van der Waals surface area (Å²) >= 11 is 0. The molecule has 3 rings (SSSR count). The molecule has 2 aromatic rings. The number of hydrogen-bond acceptors (Lipinski definition) is 4. The van der Waals surface area contributed by atoms with Gasteiger partial charge in [-0.05, 0) is 36.6 Å². The number of hydrogen-bond donors (Lipinski definition) is 2. The van der Waals surface area contributed by atoms with Crippen molar-refractivity contribution >= 4 is 11.0 Å². The monoisotopic (exact) mass is 261 g/mol. The zero-order chi connectivity index (χ0) is 13.1.